The molecule has 0 aromatic rings. The van der Waals surface area contributed by atoms with Crippen LogP contribution in [0.15, 0.2) is 0 Å². The van der Waals surface area contributed by atoms with Gasteiger partial charge in [-0.05, 0) is 25.9 Å². The van der Waals surface area contributed by atoms with E-state index in [0.717, 1.165) is 5.92 Å². The van der Waals surface area contributed by atoms with E-state index < -0.39 is 0 Å². The molecule has 0 amide bonds. The average Bonchev–Trinajstić information content (AvgIpc) is 2.10. The Hall–Kier alpha value is -0.0400. The predicted octanol–water partition coefficient (Wildman–Crippen LogP) is 3.20. The zero-order chi connectivity index (χ0) is 9.23. The molecule has 0 spiro atoms. The first kappa shape index (κ1) is 12.0. The molecule has 0 saturated heterocycles. The van der Waals surface area contributed by atoms with Gasteiger partial charge in [0.25, 0.3) is 0 Å². The maximum absolute atomic E-state index is 3.26. The monoisotopic (exact) mass is 171 g/mol. The Balaban J connectivity index is 3.19. The number of unbranched alkanes of at least 4 members (excludes halogenated alkanes) is 3. The predicted molar refractivity (Wildman–Crippen MR) is 56.5 cm³/mol. The van der Waals surface area contributed by atoms with Gasteiger partial charge < -0.3 is 5.32 Å². The van der Waals surface area contributed by atoms with Crippen LogP contribution in [0.2, 0.25) is 0 Å². The minimum atomic E-state index is 0.909. The van der Waals surface area contributed by atoms with Gasteiger partial charge in [-0.1, -0.05) is 46.0 Å². The van der Waals surface area contributed by atoms with Gasteiger partial charge in [-0.3, -0.25) is 0 Å². The van der Waals surface area contributed by atoms with Gasteiger partial charge in [0.1, 0.15) is 0 Å². The van der Waals surface area contributed by atoms with Crippen LogP contribution in [0.1, 0.15) is 52.4 Å². The summed E-state index contributed by atoms with van der Waals surface area (Å²) in [5.41, 5.74) is 0. The number of hydrogen-bond acceptors (Lipinski definition) is 1. The lowest BCUT2D eigenvalue weighted by Crippen LogP contribution is -2.18. The van der Waals surface area contributed by atoms with Crippen LogP contribution in [0.3, 0.4) is 0 Å². The molecule has 1 N–H and O–H groups in total. The SMILES string of the molecule is CCCCCCC(CC)CNC. The lowest BCUT2D eigenvalue weighted by atomic mass is 9.98. The van der Waals surface area contributed by atoms with E-state index in [1.54, 1.807) is 0 Å². The first-order valence-electron chi connectivity index (χ1n) is 5.49. The smallest absolute Gasteiger partial charge is 0.00236 e. The maximum atomic E-state index is 3.26. The van der Waals surface area contributed by atoms with Crippen LogP contribution < -0.4 is 5.32 Å². The Morgan fingerprint density at radius 1 is 1.08 bits per heavy atom. The number of hydrogen-bond donors (Lipinski definition) is 1. The Labute approximate surface area is 77.9 Å². The molecule has 1 unspecified atom stereocenters. The van der Waals surface area contributed by atoms with Crippen molar-refractivity contribution in [2.45, 2.75) is 52.4 Å². The van der Waals surface area contributed by atoms with Gasteiger partial charge in [0.15, 0.2) is 0 Å². The first-order valence-corrected chi connectivity index (χ1v) is 5.49. The Morgan fingerprint density at radius 3 is 2.33 bits per heavy atom. The molecule has 12 heavy (non-hydrogen) atoms. The molecule has 0 saturated carbocycles. The lowest BCUT2D eigenvalue weighted by molar-refractivity contribution is 0.426. The minimum Gasteiger partial charge on any atom is -0.319 e. The van der Waals surface area contributed by atoms with E-state index in [-0.39, 0.29) is 0 Å². The quantitative estimate of drug-likeness (QED) is 0.553. The molecule has 0 rings (SSSR count). The summed E-state index contributed by atoms with van der Waals surface area (Å²) < 4.78 is 0. The van der Waals surface area contributed by atoms with Crippen molar-refractivity contribution in [3.63, 3.8) is 0 Å². The molecule has 0 aliphatic carbocycles. The molecule has 0 radical (unpaired) electrons. The van der Waals surface area contributed by atoms with Crippen LogP contribution in [0.5, 0.6) is 0 Å². The molecular weight excluding hydrogens is 146 g/mol. The average molecular weight is 171 g/mol. The van der Waals surface area contributed by atoms with E-state index in [0.29, 0.717) is 0 Å². The minimum absolute atomic E-state index is 0.909. The zero-order valence-corrected chi connectivity index (χ0v) is 9.03. The molecular formula is C11H25N. The summed E-state index contributed by atoms with van der Waals surface area (Å²) in [6, 6.07) is 0. The molecule has 1 atom stereocenters. The Bertz CT molecular complexity index is 81.1. The Morgan fingerprint density at radius 2 is 1.83 bits per heavy atom. The summed E-state index contributed by atoms with van der Waals surface area (Å²) in [7, 11) is 2.05. The van der Waals surface area contributed by atoms with Gasteiger partial charge in [0, 0.05) is 0 Å². The van der Waals surface area contributed by atoms with Gasteiger partial charge in [0.2, 0.25) is 0 Å². The van der Waals surface area contributed by atoms with E-state index in [1.807, 2.05) is 0 Å². The van der Waals surface area contributed by atoms with Crippen molar-refractivity contribution < 1.29 is 0 Å². The molecule has 0 fully saturated rings. The van der Waals surface area contributed by atoms with Gasteiger partial charge in [-0.25, -0.2) is 0 Å². The van der Waals surface area contributed by atoms with Gasteiger partial charge in [0.05, 0.1) is 0 Å². The molecule has 74 valence electrons. The molecule has 0 heterocycles. The van der Waals surface area contributed by atoms with Crippen LogP contribution in [-0.4, -0.2) is 13.6 Å². The van der Waals surface area contributed by atoms with Crippen molar-refractivity contribution in [3.8, 4) is 0 Å². The lowest BCUT2D eigenvalue weighted by Gasteiger charge is -2.13. The summed E-state index contributed by atoms with van der Waals surface area (Å²) in [6.45, 7) is 5.76. The van der Waals surface area contributed by atoms with Crippen LogP contribution >= 0.6 is 0 Å². The van der Waals surface area contributed by atoms with Gasteiger partial charge in [-0.15, -0.1) is 0 Å². The van der Waals surface area contributed by atoms with Crippen LogP contribution in [0.4, 0.5) is 0 Å². The summed E-state index contributed by atoms with van der Waals surface area (Å²) >= 11 is 0. The highest BCUT2D eigenvalue weighted by atomic mass is 14.8. The molecule has 0 aliphatic heterocycles. The highest BCUT2D eigenvalue weighted by Crippen LogP contribution is 2.12. The fourth-order valence-corrected chi connectivity index (χ4v) is 1.60. The molecule has 0 aromatic heterocycles. The van der Waals surface area contributed by atoms with Gasteiger partial charge in [-0.2, -0.15) is 0 Å². The molecule has 1 heteroatoms. The van der Waals surface area contributed by atoms with Crippen molar-refractivity contribution in [1.29, 1.82) is 0 Å². The first-order chi connectivity index (χ1) is 5.85. The molecule has 1 nitrogen and oxygen atoms in total. The second-order valence-electron chi connectivity index (χ2n) is 3.68. The number of nitrogens with one attached hydrogen (secondary N) is 1. The zero-order valence-electron chi connectivity index (χ0n) is 9.03. The summed E-state index contributed by atoms with van der Waals surface area (Å²) in [6.07, 6.45) is 8.36. The maximum Gasteiger partial charge on any atom is -0.00236 e. The third kappa shape index (κ3) is 6.66. The molecule has 0 aliphatic rings. The summed E-state index contributed by atoms with van der Waals surface area (Å²) in [5.74, 6) is 0.909. The van der Waals surface area contributed by atoms with E-state index in [4.69, 9.17) is 0 Å². The van der Waals surface area contributed by atoms with Crippen molar-refractivity contribution in [2.24, 2.45) is 5.92 Å². The second-order valence-corrected chi connectivity index (χ2v) is 3.68. The summed E-state index contributed by atoms with van der Waals surface area (Å²) in [4.78, 5) is 0. The van der Waals surface area contributed by atoms with Crippen molar-refractivity contribution in [1.82, 2.24) is 5.32 Å². The van der Waals surface area contributed by atoms with Crippen molar-refractivity contribution >= 4 is 0 Å². The highest BCUT2D eigenvalue weighted by molar-refractivity contribution is 4.59. The largest absolute Gasteiger partial charge is 0.319 e. The summed E-state index contributed by atoms with van der Waals surface area (Å²) in [5, 5.41) is 3.26. The van der Waals surface area contributed by atoms with E-state index in [1.165, 1.54) is 45.1 Å². The van der Waals surface area contributed by atoms with E-state index >= 15 is 0 Å². The van der Waals surface area contributed by atoms with Gasteiger partial charge >= 0.3 is 0 Å². The normalized spacial score (nSPS) is 13.2. The second kappa shape index (κ2) is 9.05. The fraction of sp³-hybridized carbons (Fsp3) is 1.00. The van der Waals surface area contributed by atoms with Crippen LogP contribution in [0, 0.1) is 5.92 Å². The van der Waals surface area contributed by atoms with E-state index in [9.17, 15) is 0 Å². The van der Waals surface area contributed by atoms with Crippen molar-refractivity contribution in [2.75, 3.05) is 13.6 Å². The number of rotatable bonds is 8. The molecule has 0 bridgehead atoms. The Kier molecular flexibility index (Phi) is 9.02. The standard InChI is InChI=1S/C11H25N/c1-4-6-7-8-9-11(5-2)10-12-3/h11-12H,4-10H2,1-3H3. The van der Waals surface area contributed by atoms with Crippen LogP contribution in [-0.2, 0) is 0 Å². The van der Waals surface area contributed by atoms with Crippen molar-refractivity contribution in [3.05, 3.63) is 0 Å². The molecule has 0 aromatic carbocycles. The van der Waals surface area contributed by atoms with E-state index in [2.05, 4.69) is 26.2 Å². The third-order valence-electron chi connectivity index (χ3n) is 2.54. The highest BCUT2D eigenvalue weighted by Gasteiger charge is 2.03. The topological polar surface area (TPSA) is 12.0 Å². The fourth-order valence-electron chi connectivity index (χ4n) is 1.60. The third-order valence-corrected chi connectivity index (χ3v) is 2.54. The van der Waals surface area contributed by atoms with Crippen LogP contribution in [0.25, 0.3) is 0 Å².